The lowest BCUT2D eigenvalue weighted by Crippen LogP contribution is -2.32. The van der Waals surface area contributed by atoms with Crippen LogP contribution < -0.4 is 14.6 Å². The molecule has 1 amide bonds. The fraction of sp³-hybridized carbons (Fsp3) is 0.200. The average molecular weight is 308 g/mol. The Morgan fingerprint density at radius 3 is 2.90 bits per heavy atom. The van der Waals surface area contributed by atoms with Crippen LogP contribution in [0.25, 0.3) is 0 Å². The van der Waals surface area contributed by atoms with Crippen molar-refractivity contribution >= 4 is 23.2 Å². The molecule has 2 aromatic rings. The molecule has 1 aromatic heterocycles. The van der Waals surface area contributed by atoms with Gasteiger partial charge in [0.2, 0.25) is 11.4 Å². The Balaban J connectivity index is 2.00. The van der Waals surface area contributed by atoms with Gasteiger partial charge < -0.3 is 15.2 Å². The largest absolute Gasteiger partial charge is 0.504 e. The molecule has 0 aliphatic carbocycles. The number of aryl methyl sites for hydroxylation is 1. The average Bonchev–Trinajstić information content (AvgIpc) is 2.43. The molecule has 0 saturated heterocycles. The van der Waals surface area contributed by atoms with Gasteiger partial charge >= 0.3 is 0 Å². The number of ether oxygens (including phenoxy) is 1. The molecule has 0 aliphatic rings. The molecule has 2 rings (SSSR count). The van der Waals surface area contributed by atoms with Gasteiger partial charge in [0.05, 0.1) is 0 Å². The highest BCUT2D eigenvalue weighted by molar-refractivity contribution is 6.30. The Morgan fingerprint density at radius 1 is 1.43 bits per heavy atom. The van der Waals surface area contributed by atoms with Gasteiger partial charge in [0.15, 0.2) is 18.6 Å². The summed E-state index contributed by atoms with van der Waals surface area (Å²) in [6.07, 6.45) is 1.71. The van der Waals surface area contributed by atoms with Crippen LogP contribution in [0, 0.1) is 6.92 Å². The Hall–Kier alpha value is -2.27. The van der Waals surface area contributed by atoms with Crippen molar-refractivity contribution in [1.29, 1.82) is 0 Å². The monoisotopic (exact) mass is 307 g/mol. The normalized spacial score (nSPS) is 10.2. The van der Waals surface area contributed by atoms with Crippen LogP contribution in [0.5, 0.6) is 11.5 Å². The minimum absolute atomic E-state index is 0.00107. The molecule has 2 N–H and O–H groups in total. The predicted octanol–water partition coefficient (Wildman–Crippen LogP) is 2.20. The molecule has 0 atom stereocenters. The lowest BCUT2D eigenvalue weighted by molar-refractivity contribution is -0.678. The van der Waals surface area contributed by atoms with Crippen molar-refractivity contribution in [3.8, 4) is 11.5 Å². The Bertz CT molecular complexity index is 674. The van der Waals surface area contributed by atoms with Crippen molar-refractivity contribution in [2.45, 2.75) is 6.92 Å². The quantitative estimate of drug-likeness (QED) is 0.851. The Kier molecular flexibility index (Phi) is 4.65. The fourth-order valence-corrected chi connectivity index (χ4v) is 1.99. The Morgan fingerprint density at radius 2 is 2.19 bits per heavy atom. The number of nitrogens with one attached hydrogen (secondary N) is 1. The first-order valence-electron chi connectivity index (χ1n) is 6.34. The number of nitrogens with zero attached hydrogens (tertiary/aromatic N) is 1. The van der Waals surface area contributed by atoms with E-state index in [1.807, 2.05) is 7.05 Å². The zero-order valence-electron chi connectivity index (χ0n) is 11.8. The smallest absolute Gasteiger partial charge is 0.262 e. The maximum atomic E-state index is 11.8. The number of aromatic nitrogens is 1. The van der Waals surface area contributed by atoms with Gasteiger partial charge in [0, 0.05) is 23.7 Å². The third-order valence-corrected chi connectivity index (χ3v) is 3.24. The third kappa shape index (κ3) is 3.86. The molecule has 0 aliphatic heterocycles. The van der Waals surface area contributed by atoms with E-state index in [-0.39, 0.29) is 18.3 Å². The summed E-state index contributed by atoms with van der Waals surface area (Å²) < 4.78 is 7.19. The molecular weight excluding hydrogens is 292 g/mol. The van der Waals surface area contributed by atoms with Crippen LogP contribution in [-0.4, -0.2) is 17.6 Å². The number of hydrogen-bond donors (Lipinski definition) is 2. The van der Waals surface area contributed by atoms with E-state index < -0.39 is 0 Å². The predicted molar refractivity (Wildman–Crippen MR) is 79.6 cm³/mol. The maximum Gasteiger partial charge on any atom is 0.262 e. The second-order valence-electron chi connectivity index (χ2n) is 4.57. The number of amides is 1. The number of halogens is 1. The standard InChI is InChI=1S/C15H15ClN2O3/c1-10-15(13(19)6-7-18(10)2)21-9-14(20)17-12-5-3-4-11(16)8-12/h3-8H,9H2,1-2H3,(H,17,20)/p+1. The molecule has 110 valence electrons. The van der Waals surface area contributed by atoms with Crippen LogP contribution >= 0.6 is 11.6 Å². The molecule has 0 saturated carbocycles. The van der Waals surface area contributed by atoms with E-state index in [1.165, 1.54) is 6.07 Å². The molecule has 5 nitrogen and oxygen atoms in total. The maximum absolute atomic E-state index is 11.8. The first-order chi connectivity index (χ1) is 9.97. The van der Waals surface area contributed by atoms with Gasteiger partial charge in [-0.1, -0.05) is 17.7 Å². The van der Waals surface area contributed by atoms with E-state index in [0.29, 0.717) is 16.5 Å². The summed E-state index contributed by atoms with van der Waals surface area (Å²) in [5.41, 5.74) is 1.32. The van der Waals surface area contributed by atoms with Crippen LogP contribution in [0.4, 0.5) is 5.69 Å². The summed E-state index contributed by atoms with van der Waals surface area (Å²) in [7, 11) is 1.83. The van der Waals surface area contributed by atoms with Gasteiger partial charge in [-0.25, -0.2) is 4.57 Å². The zero-order chi connectivity index (χ0) is 15.4. The van der Waals surface area contributed by atoms with Gasteiger partial charge in [-0.15, -0.1) is 0 Å². The molecule has 0 radical (unpaired) electrons. The summed E-state index contributed by atoms with van der Waals surface area (Å²) in [5.74, 6) is -0.0371. The molecule has 0 bridgehead atoms. The van der Waals surface area contributed by atoms with Gasteiger partial charge in [0.25, 0.3) is 5.91 Å². The summed E-state index contributed by atoms with van der Waals surface area (Å²) in [6.45, 7) is 1.59. The SMILES string of the molecule is Cc1c(OCC(=O)Nc2cccc(Cl)c2)c(O)cc[n+]1C. The number of benzene rings is 1. The molecule has 1 aromatic carbocycles. The Labute approximate surface area is 127 Å². The second kappa shape index (κ2) is 6.45. The first kappa shape index (κ1) is 15.1. The summed E-state index contributed by atoms with van der Waals surface area (Å²) in [6, 6.07) is 8.35. The lowest BCUT2D eigenvalue weighted by Gasteiger charge is -2.09. The van der Waals surface area contributed by atoms with E-state index in [1.54, 1.807) is 42.0 Å². The number of pyridine rings is 1. The first-order valence-corrected chi connectivity index (χ1v) is 6.71. The highest BCUT2D eigenvalue weighted by Gasteiger charge is 2.16. The molecule has 6 heteroatoms. The molecule has 21 heavy (non-hydrogen) atoms. The van der Waals surface area contributed by atoms with Crippen LogP contribution in [0.2, 0.25) is 5.02 Å². The van der Waals surface area contributed by atoms with Crippen LogP contribution in [0.1, 0.15) is 5.69 Å². The summed E-state index contributed by atoms with van der Waals surface area (Å²) in [5, 5.41) is 13.0. The number of hydrogen-bond acceptors (Lipinski definition) is 3. The van der Waals surface area contributed by atoms with E-state index >= 15 is 0 Å². The number of rotatable bonds is 4. The van der Waals surface area contributed by atoms with Crippen LogP contribution in [-0.2, 0) is 11.8 Å². The van der Waals surface area contributed by atoms with Crippen LogP contribution in [0.15, 0.2) is 36.5 Å². The lowest BCUT2D eigenvalue weighted by atomic mass is 10.3. The number of carbonyl (C=O) groups excluding carboxylic acids is 1. The molecule has 0 spiro atoms. The highest BCUT2D eigenvalue weighted by Crippen LogP contribution is 2.26. The van der Waals surface area contributed by atoms with Gasteiger partial charge in [-0.2, -0.15) is 0 Å². The summed E-state index contributed by atoms with van der Waals surface area (Å²) >= 11 is 5.84. The van der Waals surface area contributed by atoms with Crippen molar-refractivity contribution in [3.05, 3.63) is 47.2 Å². The molecule has 0 unspecified atom stereocenters. The number of aromatic hydroxyl groups is 1. The molecular formula is C15H16ClN2O3+. The third-order valence-electron chi connectivity index (χ3n) is 3.00. The number of carbonyl (C=O) groups is 1. The van der Waals surface area contributed by atoms with Gasteiger partial charge in [0.1, 0.15) is 7.05 Å². The van der Waals surface area contributed by atoms with E-state index in [4.69, 9.17) is 16.3 Å². The van der Waals surface area contributed by atoms with Crippen molar-refractivity contribution in [2.75, 3.05) is 11.9 Å². The molecule has 0 fully saturated rings. The highest BCUT2D eigenvalue weighted by atomic mass is 35.5. The van der Waals surface area contributed by atoms with E-state index in [2.05, 4.69) is 5.32 Å². The topological polar surface area (TPSA) is 62.4 Å². The van der Waals surface area contributed by atoms with E-state index in [9.17, 15) is 9.90 Å². The van der Waals surface area contributed by atoms with Gasteiger partial charge in [-0.3, -0.25) is 4.79 Å². The second-order valence-corrected chi connectivity index (χ2v) is 5.01. The van der Waals surface area contributed by atoms with Gasteiger partial charge in [-0.05, 0) is 18.2 Å². The van der Waals surface area contributed by atoms with Crippen molar-refractivity contribution in [3.63, 3.8) is 0 Å². The van der Waals surface area contributed by atoms with Crippen LogP contribution in [0.3, 0.4) is 0 Å². The fourth-order valence-electron chi connectivity index (χ4n) is 1.79. The molecule has 1 heterocycles. The minimum Gasteiger partial charge on any atom is -0.504 e. The van der Waals surface area contributed by atoms with E-state index in [0.717, 1.165) is 5.69 Å². The zero-order valence-corrected chi connectivity index (χ0v) is 12.5. The van der Waals surface area contributed by atoms with Crippen molar-refractivity contribution in [1.82, 2.24) is 0 Å². The summed E-state index contributed by atoms with van der Waals surface area (Å²) in [4.78, 5) is 11.8. The minimum atomic E-state index is -0.331. The number of anilines is 1. The van der Waals surface area contributed by atoms with Crippen molar-refractivity contribution < 1.29 is 19.2 Å². The van der Waals surface area contributed by atoms with Crippen molar-refractivity contribution in [2.24, 2.45) is 7.05 Å².